The quantitative estimate of drug-likeness (QED) is 0.510. The molecule has 0 N–H and O–H groups in total. The molecule has 1 aliphatic rings. The smallest absolute Gasteiger partial charge is 0.119 e. The molecular formula is C25H43NO. The van der Waals surface area contributed by atoms with E-state index in [4.69, 9.17) is 4.74 Å². The Labute approximate surface area is 168 Å². The standard InChI is InChI=1S/C25H43NO/c1-24(2,3)15-7-16-26-17-12-21(13-18-26)14-19-27-23-10-8-22(9-11-23)20-25(4,5)6/h8-11,21H,7,12-20H2,1-6H3. The van der Waals surface area contributed by atoms with Crippen LogP contribution in [-0.4, -0.2) is 31.1 Å². The molecule has 27 heavy (non-hydrogen) atoms. The average Bonchev–Trinajstić information content (AvgIpc) is 2.55. The van der Waals surface area contributed by atoms with Crippen LogP contribution < -0.4 is 4.74 Å². The number of ether oxygens (including phenoxy) is 1. The van der Waals surface area contributed by atoms with Gasteiger partial charge in [-0.2, -0.15) is 0 Å². The van der Waals surface area contributed by atoms with Gasteiger partial charge in [0.05, 0.1) is 6.61 Å². The second kappa shape index (κ2) is 9.96. The number of hydrogen-bond donors (Lipinski definition) is 0. The number of hydrogen-bond acceptors (Lipinski definition) is 2. The van der Waals surface area contributed by atoms with Gasteiger partial charge in [0.15, 0.2) is 0 Å². The summed E-state index contributed by atoms with van der Waals surface area (Å²) in [5.74, 6) is 1.86. The van der Waals surface area contributed by atoms with E-state index >= 15 is 0 Å². The molecule has 2 rings (SSSR count). The first kappa shape index (κ1) is 22.3. The topological polar surface area (TPSA) is 12.5 Å². The van der Waals surface area contributed by atoms with Gasteiger partial charge < -0.3 is 9.64 Å². The molecule has 1 heterocycles. The van der Waals surface area contributed by atoms with Crippen LogP contribution in [0, 0.1) is 16.7 Å². The Morgan fingerprint density at radius 2 is 1.56 bits per heavy atom. The molecule has 0 aromatic heterocycles. The van der Waals surface area contributed by atoms with Gasteiger partial charge >= 0.3 is 0 Å². The zero-order chi connectivity index (χ0) is 19.9. The summed E-state index contributed by atoms with van der Waals surface area (Å²) in [6, 6.07) is 8.71. The summed E-state index contributed by atoms with van der Waals surface area (Å²) >= 11 is 0. The summed E-state index contributed by atoms with van der Waals surface area (Å²) in [6.07, 6.45) is 7.64. The van der Waals surface area contributed by atoms with E-state index in [1.807, 2.05) is 0 Å². The number of likely N-dealkylation sites (tertiary alicyclic amines) is 1. The Kier molecular flexibility index (Phi) is 8.21. The Bertz CT molecular complexity index is 527. The van der Waals surface area contributed by atoms with Crippen molar-refractivity contribution in [1.29, 1.82) is 0 Å². The Morgan fingerprint density at radius 1 is 0.926 bits per heavy atom. The summed E-state index contributed by atoms with van der Waals surface area (Å²) in [6.45, 7) is 18.6. The normalized spacial score (nSPS) is 17.3. The minimum Gasteiger partial charge on any atom is -0.494 e. The highest BCUT2D eigenvalue weighted by Crippen LogP contribution is 2.25. The summed E-state index contributed by atoms with van der Waals surface area (Å²) in [5.41, 5.74) is 2.21. The lowest BCUT2D eigenvalue weighted by atomic mass is 9.88. The van der Waals surface area contributed by atoms with E-state index in [2.05, 4.69) is 70.7 Å². The van der Waals surface area contributed by atoms with Crippen molar-refractivity contribution in [2.45, 2.75) is 80.1 Å². The summed E-state index contributed by atoms with van der Waals surface area (Å²) in [5, 5.41) is 0. The Balaban J connectivity index is 1.60. The Morgan fingerprint density at radius 3 is 2.11 bits per heavy atom. The lowest BCUT2D eigenvalue weighted by Gasteiger charge is -2.32. The molecule has 1 aliphatic heterocycles. The molecule has 0 atom stereocenters. The molecule has 0 bridgehead atoms. The van der Waals surface area contributed by atoms with Crippen molar-refractivity contribution < 1.29 is 4.74 Å². The molecule has 1 saturated heterocycles. The molecule has 2 nitrogen and oxygen atoms in total. The molecule has 1 aromatic carbocycles. The van der Waals surface area contributed by atoms with Crippen LogP contribution in [0.3, 0.4) is 0 Å². The SMILES string of the molecule is CC(C)(C)CCCN1CCC(CCOc2ccc(CC(C)(C)C)cc2)CC1. The highest BCUT2D eigenvalue weighted by molar-refractivity contribution is 5.27. The van der Waals surface area contributed by atoms with Gasteiger partial charge in [-0.3, -0.25) is 0 Å². The third-order valence-electron chi connectivity index (χ3n) is 5.56. The van der Waals surface area contributed by atoms with Gasteiger partial charge in [-0.15, -0.1) is 0 Å². The van der Waals surface area contributed by atoms with Crippen LogP contribution in [0.5, 0.6) is 5.75 Å². The van der Waals surface area contributed by atoms with Gasteiger partial charge in [0.2, 0.25) is 0 Å². The van der Waals surface area contributed by atoms with E-state index in [9.17, 15) is 0 Å². The van der Waals surface area contributed by atoms with Crippen LogP contribution >= 0.6 is 0 Å². The molecule has 154 valence electrons. The fourth-order valence-electron chi connectivity index (χ4n) is 3.99. The Hall–Kier alpha value is -1.02. The lowest BCUT2D eigenvalue weighted by Crippen LogP contribution is -2.35. The van der Waals surface area contributed by atoms with Gasteiger partial charge in [0.1, 0.15) is 5.75 Å². The van der Waals surface area contributed by atoms with Gasteiger partial charge in [0.25, 0.3) is 0 Å². The maximum Gasteiger partial charge on any atom is 0.119 e. The molecule has 1 aromatic rings. The van der Waals surface area contributed by atoms with Crippen LogP contribution in [0.4, 0.5) is 0 Å². The van der Waals surface area contributed by atoms with E-state index in [1.54, 1.807) is 0 Å². The van der Waals surface area contributed by atoms with E-state index < -0.39 is 0 Å². The van der Waals surface area contributed by atoms with Crippen molar-refractivity contribution in [3.63, 3.8) is 0 Å². The summed E-state index contributed by atoms with van der Waals surface area (Å²) in [7, 11) is 0. The van der Waals surface area contributed by atoms with Crippen molar-refractivity contribution in [1.82, 2.24) is 4.90 Å². The molecule has 1 fully saturated rings. The maximum absolute atomic E-state index is 6.01. The zero-order valence-electron chi connectivity index (χ0n) is 18.8. The van der Waals surface area contributed by atoms with Crippen LogP contribution in [0.1, 0.15) is 79.2 Å². The van der Waals surface area contributed by atoms with Crippen molar-refractivity contribution >= 4 is 0 Å². The van der Waals surface area contributed by atoms with E-state index in [0.717, 1.165) is 24.7 Å². The second-order valence-electron chi connectivity index (χ2n) is 11.0. The second-order valence-corrected chi connectivity index (χ2v) is 11.0. The van der Waals surface area contributed by atoms with Crippen LogP contribution in [0.2, 0.25) is 0 Å². The number of rotatable bonds is 8. The van der Waals surface area contributed by atoms with E-state index in [1.165, 1.54) is 57.3 Å². The molecular weight excluding hydrogens is 330 g/mol. The van der Waals surface area contributed by atoms with E-state index in [-0.39, 0.29) is 0 Å². The molecule has 0 radical (unpaired) electrons. The summed E-state index contributed by atoms with van der Waals surface area (Å²) < 4.78 is 6.01. The van der Waals surface area contributed by atoms with Gasteiger partial charge in [-0.05, 0) is 92.6 Å². The molecule has 0 spiro atoms. The molecule has 0 aliphatic carbocycles. The van der Waals surface area contributed by atoms with Crippen molar-refractivity contribution in [2.75, 3.05) is 26.2 Å². The minimum absolute atomic E-state index is 0.337. The van der Waals surface area contributed by atoms with Crippen LogP contribution in [0.25, 0.3) is 0 Å². The lowest BCUT2D eigenvalue weighted by molar-refractivity contribution is 0.156. The van der Waals surface area contributed by atoms with Gasteiger partial charge in [-0.25, -0.2) is 0 Å². The highest BCUT2D eigenvalue weighted by Gasteiger charge is 2.19. The summed E-state index contributed by atoms with van der Waals surface area (Å²) in [4.78, 5) is 2.66. The predicted molar refractivity (Wildman–Crippen MR) is 118 cm³/mol. The maximum atomic E-state index is 6.01. The highest BCUT2D eigenvalue weighted by atomic mass is 16.5. The first-order valence-electron chi connectivity index (χ1n) is 11.0. The van der Waals surface area contributed by atoms with Crippen LogP contribution in [-0.2, 0) is 6.42 Å². The third-order valence-corrected chi connectivity index (χ3v) is 5.56. The third kappa shape index (κ3) is 9.65. The van der Waals surface area contributed by atoms with Gasteiger partial charge in [-0.1, -0.05) is 53.7 Å². The van der Waals surface area contributed by atoms with Crippen molar-refractivity contribution in [3.8, 4) is 5.75 Å². The first-order chi connectivity index (χ1) is 12.6. The number of nitrogens with zero attached hydrogens (tertiary/aromatic N) is 1. The first-order valence-corrected chi connectivity index (χ1v) is 11.0. The number of piperidine rings is 1. The fraction of sp³-hybridized carbons (Fsp3) is 0.760. The molecule has 2 heteroatoms. The zero-order valence-corrected chi connectivity index (χ0v) is 18.8. The van der Waals surface area contributed by atoms with Crippen molar-refractivity contribution in [3.05, 3.63) is 29.8 Å². The monoisotopic (exact) mass is 373 g/mol. The predicted octanol–water partition coefficient (Wildman–Crippen LogP) is 6.58. The van der Waals surface area contributed by atoms with Gasteiger partial charge in [0, 0.05) is 0 Å². The van der Waals surface area contributed by atoms with Crippen molar-refractivity contribution in [2.24, 2.45) is 16.7 Å². The average molecular weight is 374 g/mol. The molecule has 0 unspecified atom stereocenters. The molecule has 0 saturated carbocycles. The molecule has 0 amide bonds. The van der Waals surface area contributed by atoms with Crippen LogP contribution in [0.15, 0.2) is 24.3 Å². The van der Waals surface area contributed by atoms with E-state index in [0.29, 0.717) is 10.8 Å². The number of benzene rings is 1. The fourth-order valence-corrected chi connectivity index (χ4v) is 3.99. The minimum atomic E-state index is 0.337. The largest absolute Gasteiger partial charge is 0.494 e.